The fourth-order valence-electron chi connectivity index (χ4n) is 3.91. The maximum absolute atomic E-state index is 13.0. The van der Waals surface area contributed by atoms with Gasteiger partial charge in [0, 0.05) is 48.9 Å². The SMILES string of the molecule is CSc1cccc(N2CC(C(=O)N(C)Cc3cnn(Cc4ccccc4)c3)CC2=O)c1. The summed E-state index contributed by atoms with van der Waals surface area (Å²) in [5, 5.41) is 4.42. The number of rotatable bonds is 7. The highest BCUT2D eigenvalue weighted by molar-refractivity contribution is 7.98. The van der Waals surface area contributed by atoms with Gasteiger partial charge in [-0.2, -0.15) is 5.10 Å². The van der Waals surface area contributed by atoms with E-state index in [9.17, 15) is 9.59 Å². The van der Waals surface area contributed by atoms with E-state index in [-0.39, 0.29) is 24.2 Å². The minimum absolute atomic E-state index is 0.000633. The van der Waals surface area contributed by atoms with Crippen LogP contribution in [0.1, 0.15) is 17.5 Å². The Labute approximate surface area is 186 Å². The second kappa shape index (κ2) is 9.39. The molecule has 31 heavy (non-hydrogen) atoms. The number of nitrogens with zero attached hydrogens (tertiary/aromatic N) is 4. The Bertz CT molecular complexity index is 1070. The first-order valence-electron chi connectivity index (χ1n) is 10.3. The van der Waals surface area contributed by atoms with E-state index in [4.69, 9.17) is 0 Å². The molecule has 2 amide bonds. The zero-order valence-corrected chi connectivity index (χ0v) is 18.6. The average molecular weight is 435 g/mol. The van der Waals surface area contributed by atoms with Crippen molar-refractivity contribution in [1.29, 1.82) is 0 Å². The molecule has 2 heterocycles. The van der Waals surface area contributed by atoms with Gasteiger partial charge in [0.05, 0.1) is 18.7 Å². The minimum Gasteiger partial charge on any atom is -0.341 e. The molecule has 1 fully saturated rings. The van der Waals surface area contributed by atoms with Gasteiger partial charge in [0.25, 0.3) is 0 Å². The van der Waals surface area contributed by atoms with E-state index in [2.05, 4.69) is 17.2 Å². The second-order valence-corrected chi connectivity index (χ2v) is 8.71. The summed E-state index contributed by atoms with van der Waals surface area (Å²) in [6.45, 7) is 1.59. The van der Waals surface area contributed by atoms with Gasteiger partial charge in [0.1, 0.15) is 0 Å². The number of amides is 2. The molecule has 1 aromatic heterocycles. The Kier molecular flexibility index (Phi) is 6.42. The molecule has 0 radical (unpaired) electrons. The Hall–Kier alpha value is -3.06. The number of benzene rings is 2. The summed E-state index contributed by atoms with van der Waals surface area (Å²) in [6, 6.07) is 18.0. The minimum atomic E-state index is -0.324. The summed E-state index contributed by atoms with van der Waals surface area (Å²) in [7, 11) is 1.79. The molecule has 7 heteroatoms. The van der Waals surface area contributed by atoms with Crippen LogP contribution < -0.4 is 4.90 Å². The van der Waals surface area contributed by atoms with Crippen molar-refractivity contribution in [2.24, 2.45) is 5.92 Å². The van der Waals surface area contributed by atoms with E-state index >= 15 is 0 Å². The molecular formula is C24H26N4O2S. The number of anilines is 1. The Morgan fingerprint density at radius 1 is 1.16 bits per heavy atom. The lowest BCUT2D eigenvalue weighted by atomic mass is 10.1. The lowest BCUT2D eigenvalue weighted by molar-refractivity contribution is -0.135. The number of carbonyl (C=O) groups excluding carboxylic acids is 2. The summed E-state index contributed by atoms with van der Waals surface area (Å²) in [5.41, 5.74) is 3.01. The van der Waals surface area contributed by atoms with E-state index in [1.807, 2.05) is 59.6 Å². The van der Waals surface area contributed by atoms with Gasteiger partial charge in [-0.1, -0.05) is 36.4 Å². The van der Waals surface area contributed by atoms with Crippen molar-refractivity contribution in [3.8, 4) is 0 Å². The van der Waals surface area contributed by atoms with Crippen LogP contribution in [0.3, 0.4) is 0 Å². The lowest BCUT2D eigenvalue weighted by Gasteiger charge is -2.21. The molecule has 1 aliphatic heterocycles. The van der Waals surface area contributed by atoms with Crippen LogP contribution in [-0.4, -0.2) is 46.3 Å². The first-order chi connectivity index (χ1) is 15.0. The number of hydrogen-bond acceptors (Lipinski definition) is 4. The third kappa shape index (κ3) is 4.99. The molecule has 0 aliphatic carbocycles. The Morgan fingerprint density at radius 3 is 2.74 bits per heavy atom. The van der Waals surface area contributed by atoms with Crippen LogP contribution >= 0.6 is 11.8 Å². The highest BCUT2D eigenvalue weighted by Crippen LogP contribution is 2.29. The second-order valence-electron chi connectivity index (χ2n) is 7.83. The maximum Gasteiger partial charge on any atom is 0.228 e. The highest BCUT2D eigenvalue weighted by Gasteiger charge is 2.36. The van der Waals surface area contributed by atoms with Crippen LogP contribution in [0.15, 0.2) is 71.9 Å². The van der Waals surface area contributed by atoms with Crippen LogP contribution in [0.25, 0.3) is 0 Å². The molecule has 1 saturated heterocycles. The van der Waals surface area contributed by atoms with Crippen LogP contribution in [0.2, 0.25) is 0 Å². The summed E-state index contributed by atoms with van der Waals surface area (Å²) in [4.78, 5) is 30.1. The third-order valence-electron chi connectivity index (χ3n) is 5.51. The largest absolute Gasteiger partial charge is 0.341 e. The van der Waals surface area contributed by atoms with Crippen LogP contribution in [0.5, 0.6) is 0 Å². The molecule has 1 aliphatic rings. The molecular weight excluding hydrogens is 408 g/mol. The Morgan fingerprint density at radius 2 is 1.97 bits per heavy atom. The van der Waals surface area contributed by atoms with Gasteiger partial charge in [0.2, 0.25) is 11.8 Å². The van der Waals surface area contributed by atoms with Crippen molar-refractivity contribution < 1.29 is 9.59 Å². The Balaban J connectivity index is 1.37. The molecule has 0 spiro atoms. The molecule has 0 saturated carbocycles. The maximum atomic E-state index is 13.0. The van der Waals surface area contributed by atoms with Gasteiger partial charge in [-0.15, -0.1) is 11.8 Å². The van der Waals surface area contributed by atoms with Crippen LogP contribution in [0, 0.1) is 5.92 Å². The van der Waals surface area contributed by atoms with Crippen molar-refractivity contribution in [1.82, 2.24) is 14.7 Å². The van der Waals surface area contributed by atoms with Gasteiger partial charge in [-0.05, 0) is 30.0 Å². The van der Waals surface area contributed by atoms with Crippen molar-refractivity contribution in [3.05, 3.63) is 78.1 Å². The first-order valence-corrected chi connectivity index (χ1v) is 11.5. The van der Waals surface area contributed by atoms with E-state index < -0.39 is 0 Å². The predicted octanol–water partition coefficient (Wildman–Crippen LogP) is 3.66. The van der Waals surface area contributed by atoms with Crippen molar-refractivity contribution >= 4 is 29.3 Å². The van der Waals surface area contributed by atoms with Crippen molar-refractivity contribution in [2.45, 2.75) is 24.4 Å². The quantitative estimate of drug-likeness (QED) is 0.533. The number of aromatic nitrogens is 2. The average Bonchev–Trinajstić information content (AvgIpc) is 3.40. The van der Waals surface area contributed by atoms with Gasteiger partial charge >= 0.3 is 0 Å². The van der Waals surface area contributed by atoms with E-state index in [1.165, 1.54) is 5.56 Å². The van der Waals surface area contributed by atoms with Gasteiger partial charge in [-0.25, -0.2) is 0 Å². The standard InChI is InChI=1S/C24H26N4O2S/c1-26(14-19-13-25-27(16-19)15-18-7-4-3-5-8-18)24(30)20-11-23(29)28(17-20)21-9-6-10-22(12-21)31-2/h3-10,12-13,16,20H,11,14-15,17H2,1-2H3. The monoisotopic (exact) mass is 434 g/mol. The third-order valence-corrected chi connectivity index (χ3v) is 6.23. The van der Waals surface area contributed by atoms with Crippen molar-refractivity contribution in [2.75, 3.05) is 24.7 Å². The molecule has 160 valence electrons. The molecule has 4 rings (SSSR count). The molecule has 2 aromatic carbocycles. The summed E-state index contributed by atoms with van der Waals surface area (Å²) in [5.74, 6) is -0.330. The molecule has 1 atom stereocenters. The van der Waals surface area contributed by atoms with Gasteiger partial charge in [0.15, 0.2) is 0 Å². The number of hydrogen-bond donors (Lipinski definition) is 0. The van der Waals surface area contributed by atoms with Gasteiger partial charge in [-0.3, -0.25) is 14.3 Å². The smallest absolute Gasteiger partial charge is 0.228 e. The summed E-state index contributed by atoms with van der Waals surface area (Å²) in [6.07, 6.45) is 6.03. The normalized spacial score (nSPS) is 16.0. The van der Waals surface area contributed by atoms with E-state index in [0.717, 1.165) is 16.1 Å². The summed E-state index contributed by atoms with van der Waals surface area (Å²) >= 11 is 1.64. The molecule has 0 bridgehead atoms. The summed E-state index contributed by atoms with van der Waals surface area (Å²) < 4.78 is 1.88. The molecule has 0 N–H and O–H groups in total. The van der Waals surface area contributed by atoms with Crippen LogP contribution in [0.4, 0.5) is 5.69 Å². The molecule has 6 nitrogen and oxygen atoms in total. The fourth-order valence-corrected chi connectivity index (χ4v) is 4.36. The predicted molar refractivity (Wildman–Crippen MR) is 123 cm³/mol. The van der Waals surface area contributed by atoms with Gasteiger partial charge < -0.3 is 9.80 Å². The first kappa shape index (κ1) is 21.2. The van der Waals surface area contributed by atoms with E-state index in [0.29, 0.717) is 19.6 Å². The molecule has 1 unspecified atom stereocenters. The topological polar surface area (TPSA) is 58.4 Å². The number of carbonyl (C=O) groups is 2. The van der Waals surface area contributed by atoms with E-state index in [1.54, 1.807) is 34.8 Å². The molecule has 3 aromatic rings. The zero-order chi connectivity index (χ0) is 21.8. The zero-order valence-electron chi connectivity index (χ0n) is 17.8. The van der Waals surface area contributed by atoms with Crippen LogP contribution in [-0.2, 0) is 22.7 Å². The fraction of sp³-hybridized carbons (Fsp3) is 0.292. The number of thioether (sulfide) groups is 1. The van der Waals surface area contributed by atoms with Crippen molar-refractivity contribution in [3.63, 3.8) is 0 Å². The lowest BCUT2D eigenvalue weighted by Crippen LogP contribution is -2.34. The highest BCUT2D eigenvalue weighted by atomic mass is 32.2.